The van der Waals surface area contributed by atoms with E-state index in [4.69, 9.17) is 0 Å². The molecule has 0 amide bonds. The van der Waals surface area contributed by atoms with E-state index in [0.717, 1.165) is 0 Å². The van der Waals surface area contributed by atoms with Gasteiger partial charge in [-0.1, -0.05) is 5.69 Å². The molecule has 1 aromatic carbocycles. The third-order valence-electron chi connectivity index (χ3n) is 1.22. The van der Waals surface area contributed by atoms with Crippen molar-refractivity contribution in [3.8, 4) is 0 Å². The number of anilines is 1. The molecule has 0 unspecified atom stereocenters. The van der Waals surface area contributed by atoms with Gasteiger partial charge in [0.25, 0.3) is 0 Å². The van der Waals surface area contributed by atoms with Crippen LogP contribution in [0.15, 0.2) is 24.3 Å². The van der Waals surface area contributed by atoms with Crippen molar-refractivity contribution in [2.45, 2.75) is 0 Å². The zero-order chi connectivity index (χ0) is 6.69. The van der Waals surface area contributed by atoms with Gasteiger partial charge in [-0.25, -0.2) is 0 Å². The fourth-order valence-electron chi connectivity index (χ4n) is 0.676. The van der Waals surface area contributed by atoms with Crippen LogP contribution in [0, 0.1) is 6.07 Å². The minimum absolute atomic E-state index is 0. The maximum absolute atomic E-state index is 2.96. The SMILES string of the molecule is CN(C)c1cc[c-]cc1.Cl.Cl.[Pd]. The summed E-state index contributed by atoms with van der Waals surface area (Å²) in [7, 11) is 4.05. The number of nitrogens with zero attached hydrogens (tertiary/aromatic N) is 1. The van der Waals surface area contributed by atoms with Gasteiger partial charge in [-0.2, -0.15) is 18.2 Å². The van der Waals surface area contributed by atoms with Crippen molar-refractivity contribution in [1.29, 1.82) is 0 Å². The van der Waals surface area contributed by atoms with Crippen molar-refractivity contribution in [2.24, 2.45) is 0 Å². The summed E-state index contributed by atoms with van der Waals surface area (Å²) in [6.07, 6.45) is 0. The Morgan fingerprint density at radius 2 is 1.50 bits per heavy atom. The summed E-state index contributed by atoms with van der Waals surface area (Å²) < 4.78 is 0. The van der Waals surface area contributed by atoms with Crippen LogP contribution in [0.2, 0.25) is 0 Å². The minimum Gasteiger partial charge on any atom is -0.399 e. The van der Waals surface area contributed by atoms with Crippen LogP contribution in [0.25, 0.3) is 0 Å². The van der Waals surface area contributed by atoms with E-state index in [2.05, 4.69) is 11.0 Å². The van der Waals surface area contributed by atoms with Gasteiger partial charge in [0.1, 0.15) is 0 Å². The van der Waals surface area contributed by atoms with E-state index < -0.39 is 0 Å². The Morgan fingerprint density at radius 3 is 1.75 bits per heavy atom. The molecule has 0 bridgehead atoms. The summed E-state index contributed by atoms with van der Waals surface area (Å²) in [6.45, 7) is 0. The van der Waals surface area contributed by atoms with Crippen LogP contribution in [0.1, 0.15) is 0 Å². The number of hydrogen-bond acceptors (Lipinski definition) is 1. The molecule has 1 aromatic rings. The van der Waals surface area contributed by atoms with Crippen LogP contribution in [0.3, 0.4) is 0 Å². The van der Waals surface area contributed by atoms with Crippen molar-refractivity contribution in [3.63, 3.8) is 0 Å². The fourth-order valence-corrected chi connectivity index (χ4v) is 0.676. The smallest absolute Gasteiger partial charge is 0.00397 e. The van der Waals surface area contributed by atoms with E-state index >= 15 is 0 Å². The Kier molecular flexibility index (Phi) is 14.1. The van der Waals surface area contributed by atoms with Gasteiger partial charge < -0.3 is 4.90 Å². The molecule has 0 heterocycles. The van der Waals surface area contributed by atoms with E-state index in [9.17, 15) is 0 Å². The van der Waals surface area contributed by atoms with E-state index in [1.165, 1.54) is 5.69 Å². The van der Waals surface area contributed by atoms with E-state index in [-0.39, 0.29) is 45.2 Å². The third-order valence-corrected chi connectivity index (χ3v) is 1.22. The molecule has 0 aromatic heterocycles. The van der Waals surface area contributed by atoms with Gasteiger partial charge in [0.15, 0.2) is 0 Å². The summed E-state index contributed by atoms with van der Waals surface area (Å²) in [5.41, 5.74) is 1.22. The maximum Gasteiger partial charge on any atom is 0.00397 e. The van der Waals surface area contributed by atoms with Gasteiger partial charge in [-0.05, 0) is 0 Å². The molecule has 0 saturated carbocycles. The molecular weight excluding hydrogens is 287 g/mol. The second-order valence-corrected chi connectivity index (χ2v) is 2.15. The van der Waals surface area contributed by atoms with Crippen LogP contribution < -0.4 is 4.90 Å². The molecule has 0 aliphatic rings. The molecular formula is C8H12Cl2NPd-. The first kappa shape index (κ1) is 18.1. The van der Waals surface area contributed by atoms with Gasteiger partial charge in [0.05, 0.1) is 0 Å². The first-order valence-corrected chi connectivity index (χ1v) is 2.94. The Morgan fingerprint density at radius 1 is 1.08 bits per heavy atom. The van der Waals surface area contributed by atoms with Crippen molar-refractivity contribution >= 4 is 30.5 Å². The standard InChI is InChI=1S/C8H10N.2ClH.Pd/c1-9(2)8-6-4-3-5-7-8;;;/h4-7H,1-2H3;2*1H;/q-1;;;. The monoisotopic (exact) mass is 298 g/mol. The van der Waals surface area contributed by atoms with Gasteiger partial charge in [-0.15, -0.1) is 36.9 Å². The Labute approximate surface area is 100 Å². The number of halogens is 2. The third kappa shape index (κ3) is 5.86. The van der Waals surface area contributed by atoms with Crippen LogP contribution in [0.5, 0.6) is 0 Å². The van der Waals surface area contributed by atoms with E-state index in [1.807, 2.05) is 38.4 Å². The predicted molar refractivity (Wildman–Crippen MR) is 54.1 cm³/mol. The average molecular weight is 300 g/mol. The van der Waals surface area contributed by atoms with Crippen molar-refractivity contribution in [3.05, 3.63) is 30.3 Å². The molecule has 0 saturated heterocycles. The Hall–Kier alpha value is 0.262. The first-order chi connectivity index (χ1) is 4.30. The van der Waals surface area contributed by atoms with Crippen LogP contribution in [0.4, 0.5) is 5.69 Å². The molecule has 0 N–H and O–H groups in total. The molecule has 12 heavy (non-hydrogen) atoms. The van der Waals surface area contributed by atoms with Gasteiger partial charge >= 0.3 is 0 Å². The summed E-state index contributed by atoms with van der Waals surface area (Å²) >= 11 is 0. The van der Waals surface area contributed by atoms with E-state index in [0.29, 0.717) is 0 Å². The molecule has 0 radical (unpaired) electrons. The molecule has 1 rings (SSSR count). The summed E-state index contributed by atoms with van der Waals surface area (Å²) in [6, 6.07) is 10.8. The zero-order valence-corrected chi connectivity index (χ0v) is 10.1. The Balaban J connectivity index is -0.000000270. The zero-order valence-electron chi connectivity index (χ0n) is 6.89. The van der Waals surface area contributed by atoms with E-state index in [1.54, 1.807) is 0 Å². The molecule has 0 fully saturated rings. The largest absolute Gasteiger partial charge is 0.399 e. The van der Waals surface area contributed by atoms with Crippen LogP contribution in [-0.4, -0.2) is 14.1 Å². The van der Waals surface area contributed by atoms with Crippen molar-refractivity contribution in [2.75, 3.05) is 19.0 Å². The normalized spacial score (nSPS) is 6.83. The predicted octanol–water partition coefficient (Wildman–Crippen LogP) is 2.39. The molecule has 0 spiro atoms. The molecule has 0 aliphatic heterocycles. The minimum atomic E-state index is 0. The van der Waals surface area contributed by atoms with Gasteiger partial charge in [-0.3, -0.25) is 0 Å². The second kappa shape index (κ2) is 9.35. The molecule has 0 atom stereocenters. The summed E-state index contributed by atoms with van der Waals surface area (Å²) in [5.74, 6) is 0. The first-order valence-electron chi connectivity index (χ1n) is 2.94. The molecule has 4 heteroatoms. The average Bonchev–Trinajstić information content (AvgIpc) is 1.90. The Bertz CT molecular complexity index is 180. The number of benzene rings is 1. The number of hydrogen-bond donors (Lipinski definition) is 0. The number of rotatable bonds is 1. The van der Waals surface area contributed by atoms with Crippen molar-refractivity contribution in [1.82, 2.24) is 0 Å². The molecule has 0 aliphatic carbocycles. The second-order valence-electron chi connectivity index (χ2n) is 2.15. The van der Waals surface area contributed by atoms with Crippen LogP contribution in [-0.2, 0) is 20.4 Å². The maximum atomic E-state index is 2.96. The topological polar surface area (TPSA) is 3.24 Å². The van der Waals surface area contributed by atoms with Gasteiger partial charge in [0.2, 0.25) is 0 Å². The van der Waals surface area contributed by atoms with Crippen LogP contribution >= 0.6 is 24.8 Å². The summed E-state index contributed by atoms with van der Waals surface area (Å²) in [5, 5.41) is 0. The van der Waals surface area contributed by atoms with Crippen molar-refractivity contribution < 1.29 is 20.4 Å². The quantitative estimate of drug-likeness (QED) is 0.568. The molecule has 74 valence electrons. The molecule has 1 nitrogen and oxygen atoms in total. The fraction of sp³-hybridized carbons (Fsp3) is 0.250. The van der Waals surface area contributed by atoms with Gasteiger partial charge in [0, 0.05) is 34.5 Å². The summed E-state index contributed by atoms with van der Waals surface area (Å²) in [4.78, 5) is 2.06.